The van der Waals surface area contributed by atoms with Crippen molar-refractivity contribution in [2.24, 2.45) is 14.1 Å². The van der Waals surface area contributed by atoms with Crippen LogP contribution in [0, 0.1) is 5.82 Å². The minimum atomic E-state index is -2.87. The molecule has 186 valence electrons. The molecule has 2 aromatic carbocycles. The van der Waals surface area contributed by atoms with Crippen LogP contribution in [0.3, 0.4) is 0 Å². The summed E-state index contributed by atoms with van der Waals surface area (Å²) in [5.74, 6) is -1.30. The Hall–Kier alpha value is -4.67. The van der Waals surface area contributed by atoms with E-state index in [-0.39, 0.29) is 18.1 Å². The molecule has 6 rings (SSSR count). The maximum absolute atomic E-state index is 15.3. The van der Waals surface area contributed by atoms with Crippen molar-refractivity contribution in [3.63, 3.8) is 0 Å². The van der Waals surface area contributed by atoms with E-state index >= 15 is 4.39 Å². The molecule has 0 spiro atoms. The summed E-state index contributed by atoms with van der Waals surface area (Å²) < 4.78 is 50.6. The summed E-state index contributed by atoms with van der Waals surface area (Å²) in [4.78, 5) is 17.4. The van der Waals surface area contributed by atoms with Crippen molar-refractivity contribution in [3.05, 3.63) is 88.8 Å². The molecular formula is C26H19F3N6O2. The molecule has 37 heavy (non-hydrogen) atoms. The number of nitrogens with zero attached hydrogens (tertiary/aromatic N) is 6. The van der Waals surface area contributed by atoms with Gasteiger partial charge in [-0.1, -0.05) is 6.07 Å². The van der Waals surface area contributed by atoms with Crippen molar-refractivity contribution >= 4 is 21.9 Å². The van der Waals surface area contributed by atoms with Crippen LogP contribution in [0.4, 0.5) is 13.2 Å². The summed E-state index contributed by atoms with van der Waals surface area (Å²) in [5, 5.41) is 7.90. The third kappa shape index (κ3) is 3.79. The zero-order chi connectivity index (χ0) is 25.8. The Morgan fingerprint density at radius 1 is 0.946 bits per heavy atom. The molecule has 0 aliphatic rings. The molecule has 0 fully saturated rings. The fourth-order valence-corrected chi connectivity index (χ4v) is 4.49. The van der Waals surface area contributed by atoms with Gasteiger partial charge in [-0.05, 0) is 42.0 Å². The molecule has 0 bridgehead atoms. The van der Waals surface area contributed by atoms with Gasteiger partial charge in [-0.25, -0.2) is 9.18 Å². The van der Waals surface area contributed by atoms with Crippen molar-refractivity contribution in [1.29, 1.82) is 0 Å². The highest BCUT2D eigenvalue weighted by Gasteiger charge is 2.19. The Morgan fingerprint density at radius 2 is 1.76 bits per heavy atom. The largest absolute Gasteiger partial charge is 0.415 e. The van der Waals surface area contributed by atoms with Gasteiger partial charge in [-0.3, -0.25) is 14.1 Å². The van der Waals surface area contributed by atoms with Crippen LogP contribution in [0.25, 0.3) is 44.5 Å². The highest BCUT2D eigenvalue weighted by Crippen LogP contribution is 2.30. The molecular weight excluding hydrogens is 485 g/mol. The van der Waals surface area contributed by atoms with Gasteiger partial charge in [0.1, 0.15) is 5.82 Å². The lowest BCUT2D eigenvalue weighted by Gasteiger charge is -2.08. The van der Waals surface area contributed by atoms with Gasteiger partial charge in [0.15, 0.2) is 0 Å². The van der Waals surface area contributed by atoms with Crippen LogP contribution in [0.2, 0.25) is 0 Å². The highest BCUT2D eigenvalue weighted by atomic mass is 19.3. The van der Waals surface area contributed by atoms with Crippen LogP contribution in [0.5, 0.6) is 0 Å². The minimum Gasteiger partial charge on any atom is -0.415 e. The molecule has 8 nitrogen and oxygen atoms in total. The second-order valence-electron chi connectivity index (χ2n) is 8.73. The van der Waals surface area contributed by atoms with E-state index in [2.05, 4.69) is 15.2 Å². The maximum Gasteiger partial charge on any atom is 0.329 e. The first-order valence-electron chi connectivity index (χ1n) is 11.3. The highest BCUT2D eigenvalue weighted by molar-refractivity contribution is 5.89. The van der Waals surface area contributed by atoms with Gasteiger partial charge in [-0.15, -0.1) is 10.2 Å². The van der Waals surface area contributed by atoms with Crippen molar-refractivity contribution in [3.8, 4) is 22.6 Å². The third-order valence-corrected chi connectivity index (χ3v) is 6.45. The number of imidazole rings is 1. The summed E-state index contributed by atoms with van der Waals surface area (Å²) in [6.07, 6.45) is 0.474. The molecule has 11 heteroatoms. The topological polar surface area (TPSA) is 83.7 Å². The summed E-state index contributed by atoms with van der Waals surface area (Å²) in [6.45, 7) is 0.0807. The number of halogens is 3. The molecule has 4 heterocycles. The van der Waals surface area contributed by atoms with E-state index in [0.29, 0.717) is 33.4 Å². The van der Waals surface area contributed by atoms with E-state index < -0.39 is 18.1 Å². The van der Waals surface area contributed by atoms with E-state index in [1.54, 1.807) is 25.2 Å². The summed E-state index contributed by atoms with van der Waals surface area (Å²) in [7, 11) is 3.58. The molecule has 0 amide bonds. The molecule has 0 atom stereocenters. The van der Waals surface area contributed by atoms with Crippen LogP contribution in [0.1, 0.15) is 18.0 Å². The second-order valence-corrected chi connectivity index (χ2v) is 8.73. The first-order chi connectivity index (χ1) is 17.8. The number of alkyl halides is 2. The monoisotopic (exact) mass is 504 g/mol. The average molecular weight is 504 g/mol. The minimum absolute atomic E-state index is 0.0807. The normalized spacial score (nSPS) is 11.8. The van der Waals surface area contributed by atoms with Gasteiger partial charge >= 0.3 is 12.1 Å². The zero-order valence-electron chi connectivity index (χ0n) is 19.7. The van der Waals surface area contributed by atoms with Gasteiger partial charge in [0.05, 0.1) is 28.8 Å². The first-order valence-corrected chi connectivity index (χ1v) is 11.3. The number of aromatic nitrogens is 6. The Bertz CT molecular complexity index is 1850. The first kappa shape index (κ1) is 22.8. The molecule has 0 aliphatic carbocycles. The molecule has 0 N–H and O–H groups in total. The van der Waals surface area contributed by atoms with E-state index in [9.17, 15) is 13.6 Å². The lowest BCUT2D eigenvalue weighted by Crippen LogP contribution is -2.23. The summed E-state index contributed by atoms with van der Waals surface area (Å²) in [6, 6.07) is 13.9. The van der Waals surface area contributed by atoms with Crippen molar-refractivity contribution in [2.75, 3.05) is 0 Å². The van der Waals surface area contributed by atoms with Crippen LogP contribution in [-0.2, 0) is 20.6 Å². The Morgan fingerprint density at radius 3 is 2.49 bits per heavy atom. The predicted molar refractivity (Wildman–Crippen MR) is 131 cm³/mol. The molecule has 0 saturated carbocycles. The Balaban J connectivity index is 1.35. The van der Waals surface area contributed by atoms with Crippen LogP contribution in [-0.4, -0.2) is 28.9 Å². The van der Waals surface area contributed by atoms with E-state index in [0.717, 1.165) is 10.9 Å². The second kappa shape index (κ2) is 8.47. The fourth-order valence-electron chi connectivity index (χ4n) is 4.49. The lowest BCUT2D eigenvalue weighted by molar-refractivity contribution is 0.116. The van der Waals surface area contributed by atoms with Crippen molar-refractivity contribution in [1.82, 2.24) is 28.9 Å². The number of hydrogen-bond acceptors (Lipinski definition) is 5. The van der Waals surface area contributed by atoms with Gasteiger partial charge < -0.3 is 8.98 Å². The van der Waals surface area contributed by atoms with Crippen molar-refractivity contribution < 1.29 is 17.6 Å². The molecule has 0 aliphatic heterocycles. The molecule has 0 unspecified atom stereocenters. The van der Waals surface area contributed by atoms with Crippen LogP contribution in [0.15, 0.2) is 70.1 Å². The average Bonchev–Trinajstić information content (AvgIpc) is 3.59. The number of benzene rings is 2. The fraction of sp³-hybridized carbons (Fsp3) is 0.154. The number of fused-ring (bicyclic) bond motifs is 2. The molecule has 0 saturated heterocycles. The molecule has 6 aromatic rings. The van der Waals surface area contributed by atoms with Crippen molar-refractivity contribution in [2.45, 2.75) is 13.0 Å². The molecule has 0 radical (unpaired) electrons. The van der Waals surface area contributed by atoms with E-state index in [1.165, 1.54) is 21.4 Å². The summed E-state index contributed by atoms with van der Waals surface area (Å²) in [5.41, 5.74) is 3.70. The van der Waals surface area contributed by atoms with E-state index in [4.69, 9.17) is 4.42 Å². The lowest BCUT2D eigenvalue weighted by atomic mass is 10.0. The number of pyridine rings is 1. The van der Waals surface area contributed by atoms with E-state index in [1.807, 2.05) is 42.1 Å². The number of rotatable bonds is 5. The van der Waals surface area contributed by atoms with Gasteiger partial charge in [0.2, 0.25) is 5.89 Å². The number of hydrogen-bond donors (Lipinski definition) is 0. The predicted octanol–water partition coefficient (Wildman–Crippen LogP) is 5.07. The summed E-state index contributed by atoms with van der Waals surface area (Å²) >= 11 is 0. The van der Waals surface area contributed by atoms with Crippen LogP contribution < -0.4 is 5.69 Å². The van der Waals surface area contributed by atoms with Crippen LogP contribution >= 0.6 is 0 Å². The third-order valence-electron chi connectivity index (χ3n) is 6.45. The van der Waals surface area contributed by atoms with Gasteiger partial charge in [0, 0.05) is 49.0 Å². The van der Waals surface area contributed by atoms with Gasteiger partial charge in [-0.2, -0.15) is 8.78 Å². The van der Waals surface area contributed by atoms with Gasteiger partial charge in [0.25, 0.3) is 5.89 Å². The zero-order valence-corrected chi connectivity index (χ0v) is 19.7. The quantitative estimate of drug-likeness (QED) is 0.327. The maximum atomic E-state index is 15.3. The standard InChI is InChI=1S/C26H19F3N6O2/c1-33-8-7-15-9-14(4-6-20(15)33)18-10-21-22(11-19(18)27)35(26(36)34(21)2)13-17-5-3-16(12-30-17)24-31-32-25(37-24)23(28)29/h3-12,23H,13H2,1-2H3. The smallest absolute Gasteiger partial charge is 0.329 e. The number of aryl methyl sites for hydroxylation is 2. The Labute approximate surface area is 207 Å². The Kier molecular flexibility index (Phi) is 5.21. The molecule has 4 aromatic heterocycles. The SMILES string of the molecule is Cn1ccc2cc(-c3cc4c(cc3F)n(Cc3ccc(-c5nnc(C(F)F)o5)cn3)c(=O)n4C)ccc21.